The fraction of sp³-hybridized carbons (Fsp3) is 0.333. The molecule has 72 valence electrons. The van der Waals surface area contributed by atoms with Crippen LogP contribution in [0.15, 0.2) is 22.7 Å². The standard InChI is InChI=1S/C9H11BrFNO/c1-13-6-2-3-7(8(10)4-6)9(12)5-11/h2-4,9H,5,12H2,1H3/t9-/m0/s1. The molecule has 0 aliphatic heterocycles. The molecule has 0 saturated heterocycles. The number of alkyl halides is 1. The summed E-state index contributed by atoms with van der Waals surface area (Å²) in [6.45, 7) is -0.565. The van der Waals surface area contributed by atoms with E-state index in [2.05, 4.69) is 15.9 Å². The lowest BCUT2D eigenvalue weighted by Gasteiger charge is -2.10. The normalized spacial score (nSPS) is 12.6. The molecule has 2 N–H and O–H groups in total. The van der Waals surface area contributed by atoms with Crippen molar-refractivity contribution in [3.63, 3.8) is 0 Å². The molecule has 0 aliphatic rings. The van der Waals surface area contributed by atoms with E-state index in [-0.39, 0.29) is 0 Å². The zero-order chi connectivity index (χ0) is 9.84. The highest BCUT2D eigenvalue weighted by Crippen LogP contribution is 2.26. The van der Waals surface area contributed by atoms with Crippen molar-refractivity contribution in [3.8, 4) is 5.75 Å². The molecule has 0 heterocycles. The minimum Gasteiger partial charge on any atom is -0.497 e. The zero-order valence-corrected chi connectivity index (χ0v) is 8.84. The molecule has 2 nitrogen and oxygen atoms in total. The first kappa shape index (κ1) is 10.5. The Kier molecular flexibility index (Phi) is 3.69. The van der Waals surface area contributed by atoms with Gasteiger partial charge in [-0.25, -0.2) is 4.39 Å². The first-order valence-corrected chi connectivity index (χ1v) is 4.63. The minimum atomic E-state index is -0.569. The number of rotatable bonds is 3. The number of hydrogen-bond acceptors (Lipinski definition) is 2. The molecule has 0 radical (unpaired) electrons. The van der Waals surface area contributed by atoms with E-state index < -0.39 is 12.7 Å². The van der Waals surface area contributed by atoms with Gasteiger partial charge < -0.3 is 10.5 Å². The molecule has 1 rings (SSSR count). The van der Waals surface area contributed by atoms with E-state index in [1.165, 1.54) is 0 Å². The van der Waals surface area contributed by atoms with Gasteiger partial charge in [-0.15, -0.1) is 0 Å². The van der Waals surface area contributed by atoms with E-state index in [1.54, 1.807) is 25.3 Å². The van der Waals surface area contributed by atoms with E-state index in [0.717, 1.165) is 15.8 Å². The van der Waals surface area contributed by atoms with Crippen molar-refractivity contribution in [1.82, 2.24) is 0 Å². The molecule has 0 aliphatic carbocycles. The lowest BCUT2D eigenvalue weighted by molar-refractivity contribution is 0.412. The monoisotopic (exact) mass is 247 g/mol. The van der Waals surface area contributed by atoms with E-state index >= 15 is 0 Å². The Morgan fingerprint density at radius 1 is 1.62 bits per heavy atom. The molecule has 0 fully saturated rings. The Hall–Kier alpha value is -0.610. The Morgan fingerprint density at radius 2 is 2.31 bits per heavy atom. The van der Waals surface area contributed by atoms with Crippen molar-refractivity contribution in [1.29, 1.82) is 0 Å². The summed E-state index contributed by atoms with van der Waals surface area (Å²) < 4.78 is 18.0. The number of halogens is 2. The predicted molar refractivity (Wildman–Crippen MR) is 53.6 cm³/mol. The Bertz CT molecular complexity index is 293. The second-order valence-electron chi connectivity index (χ2n) is 2.65. The van der Waals surface area contributed by atoms with E-state index in [1.807, 2.05) is 0 Å². The summed E-state index contributed by atoms with van der Waals surface area (Å²) in [4.78, 5) is 0. The predicted octanol–water partition coefficient (Wildman–Crippen LogP) is 2.43. The van der Waals surface area contributed by atoms with Gasteiger partial charge in [0.2, 0.25) is 0 Å². The molecule has 0 unspecified atom stereocenters. The number of ether oxygens (including phenoxy) is 1. The van der Waals surface area contributed by atoms with Crippen LogP contribution in [0.3, 0.4) is 0 Å². The Balaban J connectivity index is 2.98. The van der Waals surface area contributed by atoms with Crippen LogP contribution in [0.5, 0.6) is 5.75 Å². The smallest absolute Gasteiger partial charge is 0.120 e. The second kappa shape index (κ2) is 4.58. The summed E-state index contributed by atoms with van der Waals surface area (Å²) in [6.07, 6.45) is 0. The zero-order valence-electron chi connectivity index (χ0n) is 7.26. The fourth-order valence-corrected chi connectivity index (χ4v) is 1.67. The number of methoxy groups -OCH3 is 1. The maximum atomic E-state index is 12.3. The van der Waals surface area contributed by atoms with Gasteiger partial charge in [-0.3, -0.25) is 0 Å². The summed E-state index contributed by atoms with van der Waals surface area (Å²) in [6, 6.07) is 4.72. The quantitative estimate of drug-likeness (QED) is 0.891. The summed E-state index contributed by atoms with van der Waals surface area (Å²) in [5, 5.41) is 0. The van der Waals surface area contributed by atoms with Crippen LogP contribution in [0.2, 0.25) is 0 Å². The highest BCUT2D eigenvalue weighted by molar-refractivity contribution is 9.10. The molecular weight excluding hydrogens is 237 g/mol. The van der Waals surface area contributed by atoms with Crippen molar-refractivity contribution in [3.05, 3.63) is 28.2 Å². The summed E-state index contributed by atoms with van der Waals surface area (Å²) >= 11 is 3.30. The Morgan fingerprint density at radius 3 is 2.77 bits per heavy atom. The first-order chi connectivity index (χ1) is 6.19. The molecule has 4 heteroatoms. The van der Waals surface area contributed by atoms with Crippen molar-refractivity contribution >= 4 is 15.9 Å². The summed E-state index contributed by atoms with van der Waals surface area (Å²) in [5.41, 5.74) is 6.29. The number of hydrogen-bond donors (Lipinski definition) is 1. The second-order valence-corrected chi connectivity index (χ2v) is 3.50. The van der Waals surface area contributed by atoms with Crippen LogP contribution in [-0.2, 0) is 0 Å². The summed E-state index contributed by atoms with van der Waals surface area (Å²) in [5.74, 6) is 0.724. The van der Waals surface area contributed by atoms with Crippen molar-refractivity contribution in [2.24, 2.45) is 5.73 Å². The van der Waals surface area contributed by atoms with Gasteiger partial charge in [0.1, 0.15) is 12.4 Å². The molecular formula is C9H11BrFNO. The topological polar surface area (TPSA) is 35.2 Å². The molecule has 0 saturated carbocycles. The molecule has 0 amide bonds. The van der Waals surface area contributed by atoms with Gasteiger partial charge in [0.05, 0.1) is 13.2 Å². The van der Waals surface area contributed by atoms with Crippen LogP contribution in [-0.4, -0.2) is 13.8 Å². The highest BCUT2D eigenvalue weighted by Gasteiger charge is 2.09. The lowest BCUT2D eigenvalue weighted by atomic mass is 10.1. The van der Waals surface area contributed by atoms with Crippen LogP contribution in [0, 0.1) is 0 Å². The number of benzene rings is 1. The van der Waals surface area contributed by atoms with Crippen LogP contribution < -0.4 is 10.5 Å². The average molecular weight is 248 g/mol. The minimum absolute atomic E-state index is 0.565. The van der Waals surface area contributed by atoms with Gasteiger partial charge in [0, 0.05) is 4.47 Å². The van der Waals surface area contributed by atoms with E-state index in [4.69, 9.17) is 10.5 Å². The number of nitrogens with two attached hydrogens (primary N) is 1. The largest absolute Gasteiger partial charge is 0.497 e. The molecule has 0 aromatic heterocycles. The molecule has 0 bridgehead atoms. The SMILES string of the molecule is COc1ccc([C@@H](N)CF)c(Br)c1. The van der Waals surface area contributed by atoms with Gasteiger partial charge in [0.25, 0.3) is 0 Å². The lowest BCUT2D eigenvalue weighted by Crippen LogP contribution is -2.12. The van der Waals surface area contributed by atoms with Crippen molar-refractivity contribution < 1.29 is 9.13 Å². The third kappa shape index (κ3) is 2.42. The van der Waals surface area contributed by atoms with E-state index in [9.17, 15) is 4.39 Å². The third-order valence-electron chi connectivity index (χ3n) is 1.77. The van der Waals surface area contributed by atoms with Gasteiger partial charge >= 0.3 is 0 Å². The van der Waals surface area contributed by atoms with Crippen molar-refractivity contribution in [2.45, 2.75) is 6.04 Å². The molecule has 0 spiro atoms. The average Bonchev–Trinajstić information content (AvgIpc) is 2.16. The van der Waals surface area contributed by atoms with Gasteiger partial charge in [-0.1, -0.05) is 22.0 Å². The van der Waals surface area contributed by atoms with Gasteiger partial charge in [-0.2, -0.15) is 0 Å². The molecule has 1 atom stereocenters. The first-order valence-electron chi connectivity index (χ1n) is 3.84. The van der Waals surface area contributed by atoms with Crippen LogP contribution >= 0.6 is 15.9 Å². The van der Waals surface area contributed by atoms with Crippen LogP contribution in [0.25, 0.3) is 0 Å². The molecule has 1 aromatic carbocycles. The molecule has 13 heavy (non-hydrogen) atoms. The van der Waals surface area contributed by atoms with Gasteiger partial charge in [0.15, 0.2) is 0 Å². The molecule has 1 aromatic rings. The fourth-order valence-electron chi connectivity index (χ4n) is 1.02. The summed E-state index contributed by atoms with van der Waals surface area (Å²) in [7, 11) is 1.58. The van der Waals surface area contributed by atoms with Crippen molar-refractivity contribution in [2.75, 3.05) is 13.8 Å². The van der Waals surface area contributed by atoms with Crippen LogP contribution in [0.1, 0.15) is 11.6 Å². The van der Waals surface area contributed by atoms with Gasteiger partial charge in [-0.05, 0) is 17.7 Å². The van der Waals surface area contributed by atoms with Crippen LogP contribution in [0.4, 0.5) is 4.39 Å². The highest BCUT2D eigenvalue weighted by atomic mass is 79.9. The van der Waals surface area contributed by atoms with E-state index in [0.29, 0.717) is 0 Å². The maximum absolute atomic E-state index is 12.3. The Labute approximate surface area is 85.0 Å². The maximum Gasteiger partial charge on any atom is 0.120 e. The third-order valence-corrected chi connectivity index (χ3v) is 2.46.